The average molecular weight is 611 g/mol. The molecule has 9 nitrogen and oxygen atoms in total. The van der Waals surface area contributed by atoms with Crippen LogP contribution in [-0.4, -0.2) is 74.0 Å². The molecule has 3 saturated heterocycles. The van der Waals surface area contributed by atoms with Crippen LogP contribution >= 0.6 is 23.2 Å². The van der Waals surface area contributed by atoms with E-state index >= 15 is 0 Å². The molecule has 0 radical (unpaired) electrons. The molecule has 2 atom stereocenters. The molecule has 42 heavy (non-hydrogen) atoms. The second-order valence-electron chi connectivity index (χ2n) is 11.2. The van der Waals surface area contributed by atoms with Crippen LogP contribution in [0.2, 0.25) is 10.2 Å². The maximum absolute atomic E-state index is 13.2. The number of para-hydroxylation sites is 1. The van der Waals surface area contributed by atoms with Crippen molar-refractivity contribution in [2.45, 2.75) is 50.0 Å². The first-order valence-electron chi connectivity index (χ1n) is 14.2. The van der Waals surface area contributed by atoms with E-state index in [-0.39, 0.29) is 18.0 Å². The van der Waals surface area contributed by atoms with Gasteiger partial charge in [-0.2, -0.15) is 0 Å². The number of carbonyl (C=O) groups is 1. The van der Waals surface area contributed by atoms with E-state index in [2.05, 4.69) is 10.3 Å². The summed E-state index contributed by atoms with van der Waals surface area (Å²) in [7, 11) is 0. The van der Waals surface area contributed by atoms with E-state index in [9.17, 15) is 14.7 Å². The van der Waals surface area contributed by atoms with Crippen LogP contribution in [0, 0.1) is 0 Å². The second kappa shape index (κ2) is 12.2. The quantitative estimate of drug-likeness (QED) is 0.358. The van der Waals surface area contributed by atoms with Crippen molar-refractivity contribution in [2.24, 2.45) is 0 Å². The number of amides is 1. The van der Waals surface area contributed by atoms with Crippen LogP contribution in [0.1, 0.15) is 36.0 Å². The first kappa shape index (κ1) is 28.9. The fourth-order valence-electron chi connectivity index (χ4n) is 5.88. The fraction of sp³-hybridized carbons (Fsp3) is 0.387. The van der Waals surface area contributed by atoms with Crippen LogP contribution < -0.4 is 10.9 Å². The van der Waals surface area contributed by atoms with Gasteiger partial charge in [-0.05, 0) is 68.1 Å². The number of rotatable bonds is 4. The molecule has 0 saturated carbocycles. The van der Waals surface area contributed by atoms with Crippen LogP contribution in [0.4, 0.5) is 0 Å². The Bertz CT molecular complexity index is 1600. The number of nitrogens with zero attached hydrogens (tertiary/aromatic N) is 4. The Morgan fingerprint density at radius 1 is 1.02 bits per heavy atom. The molecule has 3 aliphatic rings. The van der Waals surface area contributed by atoms with Crippen LogP contribution in [0.5, 0.6) is 0 Å². The van der Waals surface area contributed by atoms with Crippen molar-refractivity contribution in [1.82, 2.24) is 24.3 Å². The van der Waals surface area contributed by atoms with E-state index in [0.717, 1.165) is 18.8 Å². The normalized spacial score (nSPS) is 21.2. The Kier molecular flexibility index (Phi) is 8.38. The molecule has 5 heterocycles. The van der Waals surface area contributed by atoms with Gasteiger partial charge in [0.15, 0.2) is 5.65 Å². The number of benzene rings is 2. The number of piperidine rings is 1. The summed E-state index contributed by atoms with van der Waals surface area (Å²) in [5.41, 5.74) is 0.438. The number of nitrogens with one attached hydrogen (secondary N) is 1. The largest absolute Gasteiger partial charge is 0.388 e. The van der Waals surface area contributed by atoms with Gasteiger partial charge in [0.2, 0.25) is 0 Å². The van der Waals surface area contributed by atoms with Gasteiger partial charge in [0.05, 0.1) is 29.7 Å². The fourth-order valence-corrected chi connectivity index (χ4v) is 6.30. The molecular formula is C31H33Cl2N5O4. The van der Waals surface area contributed by atoms with E-state index < -0.39 is 5.60 Å². The number of halogens is 2. The van der Waals surface area contributed by atoms with Crippen LogP contribution in [-0.2, 0) is 11.3 Å². The van der Waals surface area contributed by atoms with Gasteiger partial charge >= 0.3 is 0 Å². The zero-order chi connectivity index (χ0) is 29.3. The number of hydrogen-bond acceptors (Lipinski definition) is 6. The maximum atomic E-state index is 13.2. The van der Waals surface area contributed by atoms with Crippen molar-refractivity contribution in [2.75, 3.05) is 26.2 Å². The standard InChI is InChI=1S/C25H22Cl2N4O3.C6H11NO/c26-18-8-6-17(7-9-18)23(32)29-12-10-25(34,11-13-29)15-30-16-28-22-20(24(30)33)14-21(27)31(22)19-4-2-1-3-5-19;1-2-6-4-7-3-5(1)8-6/h1-9,14,16,34H,10-13,15H2;5-7H,1-4H2. The van der Waals surface area contributed by atoms with Crippen LogP contribution in [0.3, 0.4) is 0 Å². The summed E-state index contributed by atoms with van der Waals surface area (Å²) < 4.78 is 8.68. The Morgan fingerprint density at radius 3 is 2.33 bits per heavy atom. The summed E-state index contributed by atoms with van der Waals surface area (Å²) >= 11 is 12.3. The highest BCUT2D eigenvalue weighted by Crippen LogP contribution is 2.27. The van der Waals surface area contributed by atoms with Gasteiger partial charge in [-0.1, -0.05) is 41.4 Å². The number of hydrogen-bond donors (Lipinski definition) is 2. The molecule has 2 N–H and O–H groups in total. The Morgan fingerprint density at radius 2 is 1.69 bits per heavy atom. The summed E-state index contributed by atoms with van der Waals surface area (Å²) in [6.45, 7) is 3.02. The number of aliphatic hydroxyl groups is 1. The van der Waals surface area contributed by atoms with E-state index in [1.54, 1.807) is 39.8 Å². The number of aromatic nitrogens is 3. The lowest BCUT2D eigenvalue weighted by molar-refractivity contribution is -0.0299. The van der Waals surface area contributed by atoms with Crippen molar-refractivity contribution >= 4 is 40.1 Å². The molecule has 11 heteroatoms. The summed E-state index contributed by atoms with van der Waals surface area (Å²) in [6.07, 6.45) is 5.80. The van der Waals surface area contributed by atoms with Gasteiger partial charge < -0.3 is 20.1 Å². The van der Waals surface area contributed by atoms with Gasteiger partial charge in [0, 0.05) is 42.5 Å². The van der Waals surface area contributed by atoms with Gasteiger partial charge in [-0.3, -0.25) is 18.7 Å². The summed E-state index contributed by atoms with van der Waals surface area (Å²) in [5, 5.41) is 15.9. The molecule has 2 aromatic carbocycles. The highest BCUT2D eigenvalue weighted by molar-refractivity contribution is 6.31. The second-order valence-corrected chi connectivity index (χ2v) is 12.0. The number of fused-ring (bicyclic) bond motifs is 3. The molecule has 1 amide bonds. The lowest BCUT2D eigenvalue weighted by Crippen LogP contribution is -2.49. The average Bonchev–Trinajstić information content (AvgIpc) is 3.52. The molecular weight excluding hydrogens is 577 g/mol. The van der Waals surface area contributed by atoms with Crippen LogP contribution in [0.25, 0.3) is 16.7 Å². The summed E-state index contributed by atoms with van der Waals surface area (Å²) in [6, 6.07) is 17.8. The van der Waals surface area contributed by atoms with E-state index in [1.807, 2.05) is 30.3 Å². The molecule has 3 fully saturated rings. The lowest BCUT2D eigenvalue weighted by atomic mass is 9.91. The molecule has 7 rings (SSSR count). The molecule has 3 aliphatic heterocycles. The Labute approximate surface area is 253 Å². The highest BCUT2D eigenvalue weighted by Gasteiger charge is 2.35. The molecule has 220 valence electrons. The number of carbonyl (C=O) groups excluding carboxylic acids is 1. The predicted molar refractivity (Wildman–Crippen MR) is 163 cm³/mol. The SMILES string of the molecule is C1CC2CNCC1O2.O=C(c1ccc(Cl)cc1)N1CCC(O)(Cn2cnc3c(cc(Cl)n3-c3ccccc3)c2=O)CC1. The first-order valence-corrected chi connectivity index (χ1v) is 15.0. The minimum Gasteiger partial charge on any atom is -0.388 e. The molecule has 0 aliphatic carbocycles. The minimum absolute atomic E-state index is 0.0892. The Hall–Kier alpha value is -3.21. The molecule has 4 aromatic rings. The third-order valence-electron chi connectivity index (χ3n) is 8.23. The highest BCUT2D eigenvalue weighted by atomic mass is 35.5. The number of morpholine rings is 1. The molecule has 2 bridgehead atoms. The van der Waals surface area contributed by atoms with Crippen molar-refractivity contribution in [3.63, 3.8) is 0 Å². The van der Waals surface area contributed by atoms with Crippen molar-refractivity contribution in [1.29, 1.82) is 0 Å². The topological polar surface area (TPSA) is 102 Å². The third-order valence-corrected chi connectivity index (χ3v) is 8.76. The Balaban J connectivity index is 0.000000337. The maximum Gasteiger partial charge on any atom is 0.262 e. The minimum atomic E-state index is -1.12. The van der Waals surface area contributed by atoms with E-state index in [4.69, 9.17) is 27.9 Å². The zero-order valence-corrected chi connectivity index (χ0v) is 24.6. The van der Waals surface area contributed by atoms with Gasteiger partial charge in [-0.15, -0.1) is 0 Å². The van der Waals surface area contributed by atoms with Crippen molar-refractivity contribution in [3.05, 3.63) is 93.1 Å². The van der Waals surface area contributed by atoms with Crippen molar-refractivity contribution < 1.29 is 14.6 Å². The van der Waals surface area contributed by atoms with Crippen LogP contribution in [0.15, 0.2) is 71.8 Å². The van der Waals surface area contributed by atoms with Gasteiger partial charge in [0.1, 0.15) is 11.5 Å². The number of ether oxygens (including phenoxy) is 1. The zero-order valence-electron chi connectivity index (χ0n) is 23.1. The predicted octanol–water partition coefficient (Wildman–Crippen LogP) is 4.30. The smallest absolute Gasteiger partial charge is 0.262 e. The van der Waals surface area contributed by atoms with E-state index in [1.165, 1.54) is 23.7 Å². The molecule has 2 aromatic heterocycles. The van der Waals surface area contributed by atoms with Crippen molar-refractivity contribution in [3.8, 4) is 5.69 Å². The third kappa shape index (κ3) is 6.11. The molecule has 0 spiro atoms. The first-order chi connectivity index (χ1) is 20.3. The van der Waals surface area contributed by atoms with E-state index in [0.29, 0.717) is 64.9 Å². The lowest BCUT2D eigenvalue weighted by Gasteiger charge is -2.38. The number of likely N-dealkylation sites (tertiary alicyclic amines) is 1. The molecule has 2 unspecified atom stereocenters. The van der Waals surface area contributed by atoms with Gasteiger partial charge in [0.25, 0.3) is 11.5 Å². The van der Waals surface area contributed by atoms with Gasteiger partial charge in [-0.25, -0.2) is 4.98 Å². The summed E-state index contributed by atoms with van der Waals surface area (Å²) in [4.78, 5) is 32.1. The summed E-state index contributed by atoms with van der Waals surface area (Å²) in [5.74, 6) is -0.101. The monoisotopic (exact) mass is 609 g/mol.